The molecule has 1 aromatic heterocycles. The molecule has 0 spiro atoms. The Kier molecular flexibility index (Phi) is 5.68. The van der Waals surface area contributed by atoms with Crippen molar-refractivity contribution in [3.05, 3.63) is 56.7 Å². The average molecular weight is 427 g/mol. The zero-order valence-corrected chi connectivity index (χ0v) is 14.9. The van der Waals surface area contributed by atoms with Crippen LogP contribution in [0.25, 0.3) is 0 Å². The van der Waals surface area contributed by atoms with Crippen molar-refractivity contribution < 1.29 is 9.59 Å². The van der Waals surface area contributed by atoms with E-state index in [1.807, 2.05) is 19.1 Å². The predicted octanol–water partition coefficient (Wildman–Crippen LogP) is 3.28. The Balaban J connectivity index is 1.91. The van der Waals surface area contributed by atoms with E-state index in [1.165, 1.54) is 6.20 Å². The van der Waals surface area contributed by atoms with Gasteiger partial charge in [-0.3, -0.25) is 14.6 Å². The van der Waals surface area contributed by atoms with E-state index in [9.17, 15) is 9.59 Å². The molecule has 1 aromatic carbocycles. The lowest BCUT2D eigenvalue weighted by atomic mass is 10.2. The third-order valence-electron chi connectivity index (χ3n) is 2.84. The first-order chi connectivity index (χ1) is 10.5. The molecule has 0 fully saturated rings. The number of pyridine rings is 1. The van der Waals surface area contributed by atoms with Crippen LogP contribution in [0.4, 0.5) is 5.69 Å². The Morgan fingerprint density at radius 2 is 1.91 bits per heavy atom. The van der Waals surface area contributed by atoms with Crippen molar-refractivity contribution in [3.63, 3.8) is 0 Å². The van der Waals surface area contributed by atoms with Crippen molar-refractivity contribution in [2.24, 2.45) is 0 Å². The van der Waals surface area contributed by atoms with Gasteiger partial charge in [0.15, 0.2) is 0 Å². The van der Waals surface area contributed by atoms with Crippen LogP contribution >= 0.6 is 31.9 Å². The number of hydrogen-bond donors (Lipinski definition) is 2. The van der Waals surface area contributed by atoms with E-state index < -0.39 is 0 Å². The van der Waals surface area contributed by atoms with Crippen LogP contribution in [0.2, 0.25) is 0 Å². The number of rotatable bonds is 4. The van der Waals surface area contributed by atoms with Crippen LogP contribution in [0.1, 0.15) is 15.9 Å². The summed E-state index contributed by atoms with van der Waals surface area (Å²) < 4.78 is 1.65. The monoisotopic (exact) mass is 425 g/mol. The van der Waals surface area contributed by atoms with Gasteiger partial charge in [-0.1, -0.05) is 15.9 Å². The molecule has 114 valence electrons. The highest BCUT2D eigenvalue weighted by molar-refractivity contribution is 9.10. The Hall–Kier alpha value is -1.73. The highest BCUT2D eigenvalue weighted by atomic mass is 79.9. The summed E-state index contributed by atoms with van der Waals surface area (Å²) in [7, 11) is 0. The summed E-state index contributed by atoms with van der Waals surface area (Å²) in [5, 5.41) is 5.31. The van der Waals surface area contributed by atoms with Gasteiger partial charge in [0, 0.05) is 27.0 Å². The molecule has 2 aromatic rings. The lowest BCUT2D eigenvalue weighted by Crippen LogP contribution is -2.33. The first-order valence-corrected chi connectivity index (χ1v) is 7.99. The number of aryl methyl sites for hydroxylation is 1. The molecule has 0 saturated heterocycles. The van der Waals surface area contributed by atoms with E-state index >= 15 is 0 Å². The van der Waals surface area contributed by atoms with Crippen LogP contribution in [-0.4, -0.2) is 23.3 Å². The number of anilines is 1. The van der Waals surface area contributed by atoms with Crippen molar-refractivity contribution in [2.45, 2.75) is 6.92 Å². The minimum absolute atomic E-state index is 0.110. The maximum Gasteiger partial charge on any atom is 0.253 e. The summed E-state index contributed by atoms with van der Waals surface area (Å²) in [6.07, 6.45) is 3.02. The molecule has 2 amide bonds. The maximum atomic E-state index is 11.9. The topological polar surface area (TPSA) is 71.1 Å². The standard InChI is InChI=1S/C15H13Br2N3O2/c1-9-4-11(16)2-3-13(9)20-14(21)8-19-15(22)10-5-12(17)7-18-6-10/h2-7H,8H2,1H3,(H,19,22)(H,20,21). The largest absolute Gasteiger partial charge is 0.343 e. The number of amides is 2. The molecule has 0 aliphatic rings. The number of nitrogens with zero attached hydrogens (tertiary/aromatic N) is 1. The quantitative estimate of drug-likeness (QED) is 0.787. The van der Waals surface area contributed by atoms with Crippen LogP contribution in [0.5, 0.6) is 0 Å². The van der Waals surface area contributed by atoms with Crippen molar-refractivity contribution in [2.75, 3.05) is 11.9 Å². The second-order valence-electron chi connectivity index (χ2n) is 4.58. The lowest BCUT2D eigenvalue weighted by Gasteiger charge is -2.09. The van der Waals surface area contributed by atoms with Crippen molar-refractivity contribution in [1.29, 1.82) is 0 Å². The Labute approximate surface area is 144 Å². The Morgan fingerprint density at radius 1 is 1.14 bits per heavy atom. The van der Waals surface area contributed by atoms with Gasteiger partial charge in [0.25, 0.3) is 5.91 Å². The van der Waals surface area contributed by atoms with Crippen molar-refractivity contribution in [3.8, 4) is 0 Å². The minimum Gasteiger partial charge on any atom is -0.343 e. The van der Waals surface area contributed by atoms with Gasteiger partial charge in [0.2, 0.25) is 5.91 Å². The number of nitrogens with one attached hydrogen (secondary N) is 2. The van der Waals surface area contributed by atoms with Crippen molar-refractivity contribution in [1.82, 2.24) is 10.3 Å². The lowest BCUT2D eigenvalue weighted by molar-refractivity contribution is -0.115. The van der Waals surface area contributed by atoms with E-state index in [4.69, 9.17) is 0 Å². The Bertz CT molecular complexity index is 720. The van der Waals surface area contributed by atoms with Gasteiger partial charge >= 0.3 is 0 Å². The SMILES string of the molecule is Cc1cc(Br)ccc1NC(=O)CNC(=O)c1cncc(Br)c1. The fourth-order valence-corrected chi connectivity index (χ4v) is 2.60. The highest BCUT2D eigenvalue weighted by Crippen LogP contribution is 2.19. The van der Waals surface area contributed by atoms with Crippen LogP contribution in [-0.2, 0) is 4.79 Å². The zero-order valence-electron chi connectivity index (χ0n) is 11.7. The number of halogens is 2. The smallest absolute Gasteiger partial charge is 0.253 e. The van der Waals surface area contributed by atoms with E-state index in [1.54, 1.807) is 18.3 Å². The van der Waals surface area contributed by atoms with E-state index in [2.05, 4.69) is 47.5 Å². The molecule has 0 saturated carbocycles. The molecule has 2 N–H and O–H groups in total. The first-order valence-electron chi connectivity index (χ1n) is 6.40. The van der Waals surface area contributed by atoms with Crippen LogP contribution in [0.3, 0.4) is 0 Å². The van der Waals surface area contributed by atoms with Gasteiger partial charge in [-0.2, -0.15) is 0 Å². The van der Waals surface area contributed by atoms with Gasteiger partial charge < -0.3 is 10.6 Å². The summed E-state index contributed by atoms with van der Waals surface area (Å²) in [5.74, 6) is -0.641. The first kappa shape index (κ1) is 16.6. The van der Waals surface area contributed by atoms with Gasteiger partial charge in [0.1, 0.15) is 0 Å². The molecular formula is C15H13Br2N3O2. The molecule has 1 heterocycles. The number of benzene rings is 1. The van der Waals surface area contributed by atoms with E-state index in [0.29, 0.717) is 15.7 Å². The van der Waals surface area contributed by atoms with Crippen LogP contribution in [0.15, 0.2) is 45.6 Å². The average Bonchev–Trinajstić information content (AvgIpc) is 2.47. The summed E-state index contributed by atoms with van der Waals surface area (Å²) in [5.41, 5.74) is 2.04. The van der Waals surface area contributed by atoms with Crippen LogP contribution in [0, 0.1) is 6.92 Å². The third kappa shape index (κ3) is 4.64. The molecule has 7 heteroatoms. The molecule has 0 aliphatic heterocycles. The normalized spacial score (nSPS) is 10.1. The molecule has 0 aliphatic carbocycles. The molecule has 22 heavy (non-hydrogen) atoms. The van der Waals surface area contributed by atoms with Gasteiger partial charge in [-0.25, -0.2) is 0 Å². The summed E-state index contributed by atoms with van der Waals surface area (Å²) in [6.45, 7) is 1.78. The third-order valence-corrected chi connectivity index (χ3v) is 3.77. The van der Waals surface area contributed by atoms with Gasteiger partial charge in [-0.15, -0.1) is 0 Å². The summed E-state index contributed by atoms with van der Waals surface area (Å²) in [4.78, 5) is 27.7. The summed E-state index contributed by atoms with van der Waals surface area (Å²) in [6, 6.07) is 7.19. The predicted molar refractivity (Wildman–Crippen MR) is 91.8 cm³/mol. The number of aromatic nitrogens is 1. The van der Waals surface area contributed by atoms with E-state index in [-0.39, 0.29) is 18.4 Å². The second kappa shape index (κ2) is 7.51. The molecule has 0 unspecified atom stereocenters. The zero-order chi connectivity index (χ0) is 16.1. The second-order valence-corrected chi connectivity index (χ2v) is 6.41. The molecular weight excluding hydrogens is 414 g/mol. The highest BCUT2D eigenvalue weighted by Gasteiger charge is 2.10. The summed E-state index contributed by atoms with van der Waals surface area (Å²) >= 11 is 6.61. The minimum atomic E-state index is -0.350. The molecule has 0 atom stereocenters. The van der Waals surface area contributed by atoms with Gasteiger partial charge in [-0.05, 0) is 52.7 Å². The maximum absolute atomic E-state index is 11.9. The fourth-order valence-electron chi connectivity index (χ4n) is 1.76. The molecule has 0 bridgehead atoms. The van der Waals surface area contributed by atoms with Crippen LogP contribution < -0.4 is 10.6 Å². The number of hydrogen-bond acceptors (Lipinski definition) is 3. The van der Waals surface area contributed by atoms with E-state index in [0.717, 1.165) is 10.0 Å². The van der Waals surface area contributed by atoms with Gasteiger partial charge in [0.05, 0.1) is 12.1 Å². The Morgan fingerprint density at radius 3 is 2.59 bits per heavy atom. The van der Waals surface area contributed by atoms with Crippen molar-refractivity contribution >= 4 is 49.4 Å². The number of carbonyl (C=O) groups excluding carboxylic acids is 2. The fraction of sp³-hybridized carbons (Fsp3) is 0.133. The molecule has 2 rings (SSSR count). The molecule has 0 radical (unpaired) electrons. The molecule has 5 nitrogen and oxygen atoms in total. The number of carbonyl (C=O) groups is 2.